The zero-order valence-electron chi connectivity index (χ0n) is 11.4. The Morgan fingerprint density at radius 3 is 2.60 bits per heavy atom. The van der Waals surface area contributed by atoms with Crippen LogP contribution in [0.2, 0.25) is 0 Å². The van der Waals surface area contributed by atoms with Gasteiger partial charge < -0.3 is 15.2 Å². The van der Waals surface area contributed by atoms with E-state index in [0.29, 0.717) is 6.54 Å². The van der Waals surface area contributed by atoms with Crippen LogP contribution in [0.1, 0.15) is 11.8 Å². The summed E-state index contributed by atoms with van der Waals surface area (Å²) in [6.07, 6.45) is -0.976. The summed E-state index contributed by atoms with van der Waals surface area (Å²) < 4.78 is 5.13. The summed E-state index contributed by atoms with van der Waals surface area (Å²) in [6, 6.07) is 11.8. The van der Waals surface area contributed by atoms with Crippen molar-refractivity contribution in [3.8, 4) is 16.2 Å². The van der Waals surface area contributed by atoms with Crippen molar-refractivity contribution >= 4 is 17.2 Å². The average molecular weight is 291 g/mol. The van der Waals surface area contributed by atoms with Crippen LogP contribution < -0.4 is 10.1 Å². The first-order valence-corrected chi connectivity index (χ1v) is 7.10. The molecule has 0 aliphatic rings. The van der Waals surface area contributed by atoms with Gasteiger partial charge in [-0.15, -0.1) is 11.3 Å². The zero-order chi connectivity index (χ0) is 14.5. The maximum atomic E-state index is 11.3. The van der Waals surface area contributed by atoms with Crippen molar-refractivity contribution in [1.29, 1.82) is 0 Å². The highest BCUT2D eigenvalue weighted by atomic mass is 32.1. The van der Waals surface area contributed by atoms with E-state index in [9.17, 15) is 4.79 Å². The molecule has 2 aromatic rings. The summed E-state index contributed by atoms with van der Waals surface area (Å²) in [4.78, 5) is 13.5. The van der Waals surface area contributed by atoms with Gasteiger partial charge in [0.05, 0.1) is 13.7 Å². The summed E-state index contributed by atoms with van der Waals surface area (Å²) >= 11 is 1.62. The molecule has 0 saturated heterocycles. The number of thiophene rings is 1. The van der Waals surface area contributed by atoms with E-state index < -0.39 is 6.10 Å². The molecule has 0 aliphatic heterocycles. The number of hydrogen-bond donors (Lipinski definition) is 2. The topological polar surface area (TPSA) is 58.6 Å². The van der Waals surface area contributed by atoms with Gasteiger partial charge in [-0.3, -0.25) is 4.79 Å². The molecule has 0 radical (unpaired) electrons. The van der Waals surface area contributed by atoms with E-state index >= 15 is 0 Å². The van der Waals surface area contributed by atoms with Crippen LogP contribution in [0, 0.1) is 0 Å². The molecular formula is C15H17NO3S. The van der Waals surface area contributed by atoms with Gasteiger partial charge in [-0.2, -0.15) is 0 Å². The van der Waals surface area contributed by atoms with Crippen LogP contribution in [0.4, 0.5) is 0 Å². The second kappa shape index (κ2) is 6.54. The smallest absolute Gasteiger partial charge is 0.248 e. The molecule has 0 fully saturated rings. The molecular weight excluding hydrogens is 274 g/mol. The number of carbonyl (C=O) groups excluding carboxylic acids is 1. The van der Waals surface area contributed by atoms with Crippen LogP contribution >= 0.6 is 11.3 Å². The van der Waals surface area contributed by atoms with E-state index in [4.69, 9.17) is 9.84 Å². The second-order valence-corrected chi connectivity index (χ2v) is 5.56. The molecule has 2 rings (SSSR count). The molecule has 0 aliphatic carbocycles. The Bertz CT molecular complexity index is 575. The van der Waals surface area contributed by atoms with Gasteiger partial charge in [0.25, 0.3) is 0 Å². The Balaban J connectivity index is 2.02. The fourth-order valence-electron chi connectivity index (χ4n) is 1.71. The largest absolute Gasteiger partial charge is 0.497 e. The molecule has 106 valence electrons. The molecule has 1 heterocycles. The third-order valence-electron chi connectivity index (χ3n) is 2.85. The van der Waals surface area contributed by atoms with E-state index in [1.165, 1.54) is 6.92 Å². The fourth-order valence-corrected chi connectivity index (χ4v) is 2.66. The number of hydrogen-bond acceptors (Lipinski definition) is 4. The molecule has 0 saturated carbocycles. The maximum Gasteiger partial charge on any atom is 0.248 e. The quantitative estimate of drug-likeness (QED) is 0.889. The Morgan fingerprint density at radius 2 is 2.00 bits per heavy atom. The number of nitrogens with one attached hydrogen (secondary N) is 1. The molecule has 1 aromatic heterocycles. The third kappa shape index (κ3) is 3.59. The minimum Gasteiger partial charge on any atom is -0.497 e. The number of methoxy groups -OCH3 is 1. The summed E-state index contributed by atoms with van der Waals surface area (Å²) in [5.74, 6) is 0.471. The van der Waals surface area contributed by atoms with Gasteiger partial charge in [0.2, 0.25) is 5.91 Å². The number of aliphatic hydroxyl groups is 1. The van der Waals surface area contributed by atoms with E-state index in [1.807, 2.05) is 36.4 Å². The second-order valence-electron chi connectivity index (χ2n) is 4.39. The molecule has 4 nitrogen and oxygen atoms in total. The van der Waals surface area contributed by atoms with Gasteiger partial charge in [0, 0.05) is 9.75 Å². The summed E-state index contributed by atoms with van der Waals surface area (Å²) in [6.45, 7) is 1.89. The van der Waals surface area contributed by atoms with Crippen LogP contribution in [-0.4, -0.2) is 24.2 Å². The molecule has 1 aromatic carbocycles. The monoisotopic (exact) mass is 291 g/mol. The van der Waals surface area contributed by atoms with E-state index in [0.717, 1.165) is 21.1 Å². The van der Waals surface area contributed by atoms with Crippen molar-refractivity contribution in [2.24, 2.45) is 0 Å². The molecule has 0 bridgehead atoms. The van der Waals surface area contributed by atoms with Gasteiger partial charge in [0.15, 0.2) is 0 Å². The lowest BCUT2D eigenvalue weighted by Crippen LogP contribution is -2.31. The highest BCUT2D eigenvalue weighted by Crippen LogP contribution is 2.29. The molecule has 1 unspecified atom stereocenters. The number of amides is 1. The van der Waals surface area contributed by atoms with Crippen LogP contribution in [0.3, 0.4) is 0 Å². The Labute approximate surface area is 122 Å². The van der Waals surface area contributed by atoms with Gasteiger partial charge in [-0.25, -0.2) is 0 Å². The lowest BCUT2D eigenvalue weighted by Gasteiger charge is -2.05. The molecule has 5 heteroatoms. The summed E-state index contributed by atoms with van der Waals surface area (Å²) in [5, 5.41) is 11.8. The van der Waals surface area contributed by atoms with Crippen LogP contribution in [0.15, 0.2) is 36.4 Å². The van der Waals surface area contributed by atoms with Crippen molar-refractivity contribution in [3.63, 3.8) is 0 Å². The molecule has 1 amide bonds. The first kappa shape index (κ1) is 14.6. The van der Waals surface area contributed by atoms with Gasteiger partial charge >= 0.3 is 0 Å². The van der Waals surface area contributed by atoms with Crippen molar-refractivity contribution in [2.45, 2.75) is 19.6 Å². The van der Waals surface area contributed by atoms with Gasteiger partial charge in [-0.05, 0) is 48.9 Å². The zero-order valence-corrected chi connectivity index (χ0v) is 12.2. The standard InChI is InChI=1S/C15H17NO3S/c1-10(17)15(18)16-9-13-7-8-14(20-13)11-3-5-12(19-2)6-4-11/h3-8,10,17H,9H2,1-2H3,(H,16,18). The molecule has 1 atom stereocenters. The van der Waals surface area contributed by atoms with Crippen molar-refractivity contribution in [2.75, 3.05) is 7.11 Å². The maximum absolute atomic E-state index is 11.3. The molecule has 20 heavy (non-hydrogen) atoms. The molecule has 2 N–H and O–H groups in total. The van der Waals surface area contributed by atoms with Crippen LogP contribution in [0.25, 0.3) is 10.4 Å². The van der Waals surface area contributed by atoms with E-state index in [1.54, 1.807) is 18.4 Å². The van der Waals surface area contributed by atoms with Gasteiger partial charge in [0.1, 0.15) is 11.9 Å². The van der Waals surface area contributed by atoms with Crippen LogP contribution in [-0.2, 0) is 11.3 Å². The highest BCUT2D eigenvalue weighted by molar-refractivity contribution is 7.15. The lowest BCUT2D eigenvalue weighted by atomic mass is 10.2. The number of benzene rings is 1. The Morgan fingerprint density at radius 1 is 1.30 bits per heavy atom. The number of ether oxygens (including phenoxy) is 1. The van der Waals surface area contributed by atoms with Crippen molar-refractivity contribution in [1.82, 2.24) is 5.32 Å². The first-order chi connectivity index (χ1) is 9.60. The predicted molar refractivity (Wildman–Crippen MR) is 79.8 cm³/mol. The normalized spacial score (nSPS) is 11.9. The third-order valence-corrected chi connectivity index (χ3v) is 3.99. The van der Waals surface area contributed by atoms with E-state index in [2.05, 4.69) is 5.32 Å². The summed E-state index contributed by atoms with van der Waals surface area (Å²) in [7, 11) is 1.64. The average Bonchev–Trinajstić information content (AvgIpc) is 2.93. The first-order valence-electron chi connectivity index (χ1n) is 6.29. The number of carbonyl (C=O) groups is 1. The Hall–Kier alpha value is -1.85. The van der Waals surface area contributed by atoms with E-state index in [-0.39, 0.29) is 5.91 Å². The molecule has 0 spiro atoms. The minimum absolute atomic E-state index is 0.357. The lowest BCUT2D eigenvalue weighted by molar-refractivity contribution is -0.128. The minimum atomic E-state index is -0.976. The SMILES string of the molecule is COc1ccc(-c2ccc(CNC(=O)C(C)O)s2)cc1. The Kier molecular flexibility index (Phi) is 4.76. The predicted octanol–water partition coefficient (Wildman–Crippen LogP) is 2.42. The van der Waals surface area contributed by atoms with Crippen LogP contribution in [0.5, 0.6) is 5.75 Å². The fraction of sp³-hybridized carbons (Fsp3) is 0.267. The number of aliphatic hydroxyl groups excluding tert-OH is 1. The van der Waals surface area contributed by atoms with Gasteiger partial charge in [-0.1, -0.05) is 0 Å². The summed E-state index contributed by atoms with van der Waals surface area (Å²) in [5.41, 5.74) is 1.11. The van der Waals surface area contributed by atoms with Crippen molar-refractivity contribution < 1.29 is 14.6 Å². The number of rotatable bonds is 5. The van der Waals surface area contributed by atoms with Crippen molar-refractivity contribution in [3.05, 3.63) is 41.3 Å². The highest BCUT2D eigenvalue weighted by Gasteiger charge is 2.09.